The zero-order chi connectivity index (χ0) is 31.0. The quantitative estimate of drug-likeness (QED) is 0.120. The smallest absolute Gasteiger partial charge is 0.387 e. The third kappa shape index (κ3) is 5.11. The van der Waals surface area contributed by atoms with Gasteiger partial charge in [0.1, 0.15) is 42.5 Å². The van der Waals surface area contributed by atoms with E-state index in [0.717, 1.165) is 10.9 Å². The van der Waals surface area contributed by atoms with Gasteiger partial charge in [0.15, 0.2) is 35.0 Å². The molecule has 4 aromatic heterocycles. The number of nitrogen functional groups attached to an aromatic ring is 2. The number of phosphoric acid groups is 1. The van der Waals surface area contributed by atoms with Crippen molar-refractivity contribution in [2.24, 2.45) is 0 Å². The number of hydrogen-bond donors (Lipinski definition) is 6. The van der Waals surface area contributed by atoms with Gasteiger partial charge in [-0.25, -0.2) is 28.7 Å². The summed E-state index contributed by atoms with van der Waals surface area (Å²) in [5, 5.41) is 11.0. The summed E-state index contributed by atoms with van der Waals surface area (Å²) in [7, 11) is -9.52. The maximum Gasteiger partial charge on any atom is 0.472 e. The number of nitrogens with two attached hydrogens (primary N) is 2. The number of ether oxygens (including phenoxy) is 2. The van der Waals surface area contributed by atoms with Crippen LogP contribution in [-0.4, -0.2) is 101 Å². The van der Waals surface area contributed by atoms with Crippen LogP contribution in [0.3, 0.4) is 0 Å². The van der Waals surface area contributed by atoms with Gasteiger partial charge in [-0.2, -0.15) is 18.1 Å². The molecular weight excluding hydrogens is 633 g/mol. The van der Waals surface area contributed by atoms with Crippen molar-refractivity contribution in [3.8, 4) is 0 Å². The fourth-order valence-corrected chi connectivity index (χ4v) is 7.19. The minimum atomic E-state index is -4.86. The number of aliphatic hydroxyl groups is 1. The van der Waals surface area contributed by atoms with E-state index in [1.54, 1.807) is 0 Å². The molecule has 0 aliphatic carbocycles. The summed E-state index contributed by atoms with van der Waals surface area (Å²) in [5.74, 6) is -0.144. The second kappa shape index (κ2) is 10.5. The first kappa shape index (κ1) is 29.1. The summed E-state index contributed by atoms with van der Waals surface area (Å²) >= 11 is 0. The number of fused-ring (bicyclic) bond motifs is 5. The van der Waals surface area contributed by atoms with Crippen LogP contribution in [0.1, 0.15) is 18.9 Å². The number of H-pyrrole nitrogens is 1. The number of anilines is 2. The number of nitrogens with zero attached hydrogens (tertiary/aromatic N) is 7. The first-order chi connectivity index (χ1) is 20.9. The SMILES string of the molecule is Nc1nc2c(ncn2C2OC3COP(=O)(O)OC4CC(n5cnc6c(N)ncnc65)OC4CNS(=O)(=O)OC2C3O)c(=O)[nH]1. The predicted octanol–water partition coefficient (Wildman–Crippen LogP) is -2.59. The summed E-state index contributed by atoms with van der Waals surface area (Å²) in [6.07, 6.45) is -5.76. The highest BCUT2D eigenvalue weighted by molar-refractivity contribution is 7.84. The van der Waals surface area contributed by atoms with Crippen molar-refractivity contribution in [1.82, 2.24) is 43.8 Å². The van der Waals surface area contributed by atoms with Crippen LogP contribution < -0.4 is 21.7 Å². The van der Waals surface area contributed by atoms with Crippen molar-refractivity contribution in [3.63, 3.8) is 0 Å². The molecule has 0 aromatic carbocycles. The Morgan fingerprint density at radius 3 is 2.61 bits per heavy atom. The van der Waals surface area contributed by atoms with Gasteiger partial charge in [0.05, 0.1) is 19.3 Å². The summed E-state index contributed by atoms with van der Waals surface area (Å²) in [4.78, 5) is 45.3. The zero-order valence-electron chi connectivity index (χ0n) is 22.1. The van der Waals surface area contributed by atoms with Crippen LogP contribution in [0.2, 0.25) is 0 Å². The highest BCUT2D eigenvalue weighted by Gasteiger charge is 2.51. The monoisotopic (exact) mass is 657 g/mol. The topological polar surface area (TPSA) is 309 Å². The Balaban J connectivity index is 1.19. The molecule has 3 aliphatic heterocycles. The highest BCUT2D eigenvalue weighted by atomic mass is 32.2. The minimum Gasteiger partial charge on any atom is -0.387 e. The Hall–Kier alpha value is -3.64. The van der Waals surface area contributed by atoms with Crippen LogP contribution in [0.15, 0.2) is 23.8 Å². The molecule has 3 fully saturated rings. The maximum absolute atomic E-state index is 13.1. The molecule has 3 aliphatic rings. The summed E-state index contributed by atoms with van der Waals surface area (Å²) in [6, 6.07) is 0. The van der Waals surface area contributed by atoms with E-state index in [1.807, 2.05) is 0 Å². The fourth-order valence-electron chi connectivity index (χ4n) is 5.29. The van der Waals surface area contributed by atoms with E-state index < -0.39 is 79.8 Å². The Kier molecular flexibility index (Phi) is 6.93. The molecule has 7 heterocycles. The van der Waals surface area contributed by atoms with Gasteiger partial charge in [-0.15, -0.1) is 0 Å². The van der Waals surface area contributed by atoms with E-state index >= 15 is 0 Å². The molecule has 8 unspecified atom stereocenters. The Morgan fingerprint density at radius 1 is 1.02 bits per heavy atom. The fraction of sp³-hybridized carbons (Fsp3) is 0.500. The summed E-state index contributed by atoms with van der Waals surface area (Å²) in [5.41, 5.74) is 11.2. The molecule has 24 heteroatoms. The van der Waals surface area contributed by atoms with Gasteiger partial charge in [0.25, 0.3) is 5.56 Å². The lowest BCUT2D eigenvalue weighted by Crippen LogP contribution is -2.43. The third-order valence-corrected chi connectivity index (χ3v) is 9.29. The maximum atomic E-state index is 13.1. The first-order valence-electron chi connectivity index (χ1n) is 12.9. The molecule has 0 radical (unpaired) electrons. The Morgan fingerprint density at radius 2 is 1.80 bits per heavy atom. The third-order valence-electron chi connectivity index (χ3n) is 7.29. The largest absolute Gasteiger partial charge is 0.472 e. The number of hydrogen-bond acceptors (Lipinski definition) is 17. The van der Waals surface area contributed by atoms with Crippen molar-refractivity contribution < 1.29 is 45.7 Å². The van der Waals surface area contributed by atoms with Gasteiger partial charge in [-0.05, 0) is 0 Å². The van der Waals surface area contributed by atoms with Gasteiger partial charge >= 0.3 is 18.1 Å². The number of rotatable bonds is 2. The Bertz CT molecular complexity index is 1970. The first-order valence-corrected chi connectivity index (χ1v) is 15.8. The summed E-state index contributed by atoms with van der Waals surface area (Å²) in [6.45, 7) is -1.22. The highest BCUT2D eigenvalue weighted by Crippen LogP contribution is 2.49. The average Bonchev–Trinajstić information content (AvgIpc) is 3.72. The van der Waals surface area contributed by atoms with E-state index in [1.165, 1.54) is 17.2 Å². The number of phosphoric ester groups is 1. The standard InChI is InChI=1S/C20H24N11O11PS/c21-15-11-16(24-4-23-15)30(5-25-11)10-1-7-8(39-10)2-27-44(36,37)42-14-13(32)9(3-38-43(34,35)41-7)40-19(14)31-6-26-12-17(31)28-20(22)29-18(12)33/h4-10,13-14,19,27,32H,1-3H2,(H,34,35)(H2,21,23,24)(H3,22,28,29,33). The molecular formula is C20H24N11O11PS. The number of imidazole rings is 2. The van der Waals surface area contributed by atoms with Gasteiger partial charge < -0.3 is 30.9 Å². The van der Waals surface area contributed by atoms with E-state index in [-0.39, 0.29) is 29.4 Å². The van der Waals surface area contributed by atoms with Crippen LogP contribution in [0, 0.1) is 0 Å². The molecule has 0 spiro atoms. The van der Waals surface area contributed by atoms with E-state index in [9.17, 15) is 27.8 Å². The molecule has 0 amide bonds. The second-order valence-corrected chi connectivity index (χ2v) is 12.8. The number of nitrogens with one attached hydrogen (secondary N) is 2. The normalized spacial score (nSPS) is 34.4. The zero-order valence-corrected chi connectivity index (χ0v) is 23.8. The van der Waals surface area contributed by atoms with Crippen molar-refractivity contribution in [2.75, 3.05) is 24.6 Å². The second-order valence-electron chi connectivity index (χ2n) is 10.1. The number of aromatic nitrogens is 8. The number of aliphatic hydroxyl groups excluding tert-OH is 1. The molecule has 7 rings (SSSR count). The van der Waals surface area contributed by atoms with E-state index in [4.69, 9.17) is 34.2 Å². The molecule has 3 saturated heterocycles. The molecule has 8 N–H and O–H groups in total. The van der Waals surface area contributed by atoms with Crippen LogP contribution in [0.4, 0.5) is 11.8 Å². The van der Waals surface area contributed by atoms with Gasteiger partial charge in [0, 0.05) is 13.0 Å². The molecule has 4 aromatic rings. The average molecular weight is 658 g/mol. The van der Waals surface area contributed by atoms with Crippen molar-refractivity contribution in [1.29, 1.82) is 0 Å². The molecule has 44 heavy (non-hydrogen) atoms. The predicted molar refractivity (Wildman–Crippen MR) is 143 cm³/mol. The van der Waals surface area contributed by atoms with Crippen LogP contribution in [-0.2, 0) is 37.6 Å². The molecule has 22 nitrogen and oxygen atoms in total. The van der Waals surface area contributed by atoms with Gasteiger partial charge in [-0.3, -0.25) is 28.0 Å². The molecule has 8 atom stereocenters. The molecule has 2 bridgehead atoms. The van der Waals surface area contributed by atoms with Crippen LogP contribution >= 0.6 is 7.82 Å². The van der Waals surface area contributed by atoms with Gasteiger partial charge in [0.2, 0.25) is 5.95 Å². The van der Waals surface area contributed by atoms with E-state index in [0.29, 0.717) is 11.2 Å². The van der Waals surface area contributed by atoms with Crippen molar-refractivity contribution in [2.45, 2.75) is 49.4 Å². The molecule has 0 saturated carbocycles. The summed E-state index contributed by atoms with van der Waals surface area (Å²) < 4.78 is 71.9. The lowest BCUT2D eigenvalue weighted by Gasteiger charge is -2.23. The Labute approximate surface area is 245 Å². The van der Waals surface area contributed by atoms with Gasteiger partial charge in [-0.1, -0.05) is 0 Å². The minimum absolute atomic E-state index is 0.0489. The molecule has 236 valence electrons. The van der Waals surface area contributed by atoms with Crippen molar-refractivity contribution in [3.05, 3.63) is 29.3 Å². The van der Waals surface area contributed by atoms with Crippen LogP contribution in [0.5, 0.6) is 0 Å². The number of aromatic amines is 1. The lowest BCUT2D eigenvalue weighted by atomic mass is 10.1. The van der Waals surface area contributed by atoms with E-state index in [2.05, 4.69) is 34.6 Å². The van der Waals surface area contributed by atoms with Crippen molar-refractivity contribution >= 4 is 52.2 Å². The van der Waals surface area contributed by atoms with Crippen LogP contribution in [0.25, 0.3) is 22.3 Å². The lowest BCUT2D eigenvalue weighted by molar-refractivity contribution is -0.0534.